The fourth-order valence-corrected chi connectivity index (χ4v) is 1.55. The molecule has 0 bridgehead atoms. The Morgan fingerprint density at radius 1 is 1.12 bits per heavy atom. The number of halogens is 3. The van der Waals surface area contributed by atoms with Crippen molar-refractivity contribution in [3.8, 4) is 0 Å². The van der Waals surface area contributed by atoms with Crippen LogP contribution in [0.4, 0.5) is 13.2 Å². The third-order valence-electron chi connectivity index (χ3n) is 3.05. The fraction of sp³-hybridized carbons (Fsp3) is 0.800. The molecule has 0 spiro atoms. The van der Waals surface area contributed by atoms with Crippen LogP contribution in [0.1, 0.15) is 46.5 Å². The van der Waals surface area contributed by atoms with E-state index in [1.807, 2.05) is 6.92 Å². The molecule has 0 rings (SSSR count). The monoisotopic (exact) mass is 370 g/mol. The number of nitrogens with two attached hydrogens (primary N) is 2. The van der Waals surface area contributed by atoms with Crippen LogP contribution in [0.15, 0.2) is 4.99 Å². The van der Waals surface area contributed by atoms with Crippen molar-refractivity contribution in [2.75, 3.05) is 13.1 Å². The van der Waals surface area contributed by atoms with Gasteiger partial charge in [-0.05, 0) is 25.2 Å². The number of carboxylic acid groups (broad SMARTS) is 1. The van der Waals surface area contributed by atoms with E-state index in [-0.39, 0.29) is 17.8 Å². The quantitative estimate of drug-likeness (QED) is 0.279. The predicted octanol–water partition coefficient (Wildman–Crippen LogP) is 1.86. The molecule has 6 N–H and O–H groups in total. The van der Waals surface area contributed by atoms with Gasteiger partial charge in [-0.15, -0.1) is 0 Å². The number of amides is 1. The highest BCUT2D eigenvalue weighted by atomic mass is 19.4. The minimum Gasteiger partial charge on any atom is -0.475 e. The number of nitrogens with one attached hydrogen (secondary N) is 1. The number of alkyl halides is 3. The van der Waals surface area contributed by atoms with Crippen LogP contribution in [0.5, 0.6) is 0 Å². The highest BCUT2D eigenvalue weighted by Gasteiger charge is 2.38. The number of aliphatic imine (C=N–C) groups is 1. The van der Waals surface area contributed by atoms with Gasteiger partial charge >= 0.3 is 12.1 Å². The lowest BCUT2D eigenvalue weighted by molar-refractivity contribution is -0.192. The highest BCUT2D eigenvalue weighted by molar-refractivity contribution is 5.78. The van der Waals surface area contributed by atoms with E-state index in [0.717, 1.165) is 25.7 Å². The Labute approximate surface area is 146 Å². The summed E-state index contributed by atoms with van der Waals surface area (Å²) in [5, 5.41) is 10.1. The van der Waals surface area contributed by atoms with Crippen molar-refractivity contribution >= 4 is 17.8 Å². The number of unbranched alkanes of at least 4 members (excludes halogenated alkanes) is 1. The lowest BCUT2D eigenvalue weighted by Gasteiger charge is -2.13. The molecule has 0 saturated carbocycles. The standard InChI is InChI=1S/C13H28N4O.C2HF3O2/c1-10(2)6-7-11(3)12(18)16-8-4-5-9-17-13(14)15;3-2(4,5)1(6)7/h10-11H,4-9H2,1-3H3,(H,16,18)(H4,14,15,17);(H,6,7)/t11-;/m1./s1. The van der Waals surface area contributed by atoms with Crippen LogP contribution in [0, 0.1) is 11.8 Å². The molecule has 0 aliphatic carbocycles. The van der Waals surface area contributed by atoms with Gasteiger partial charge in [-0.1, -0.05) is 27.2 Å². The molecule has 0 aromatic heterocycles. The molecule has 1 atom stereocenters. The number of nitrogens with zero attached hydrogens (tertiary/aromatic N) is 1. The van der Waals surface area contributed by atoms with E-state index in [1.54, 1.807) is 0 Å². The normalized spacial score (nSPS) is 12.0. The van der Waals surface area contributed by atoms with E-state index in [2.05, 4.69) is 24.2 Å². The van der Waals surface area contributed by atoms with Crippen LogP contribution < -0.4 is 16.8 Å². The Bertz CT molecular complexity index is 423. The van der Waals surface area contributed by atoms with Crippen molar-refractivity contribution in [3.63, 3.8) is 0 Å². The maximum atomic E-state index is 11.7. The summed E-state index contributed by atoms with van der Waals surface area (Å²) in [5.74, 6) is -1.73. The van der Waals surface area contributed by atoms with E-state index in [0.29, 0.717) is 19.0 Å². The summed E-state index contributed by atoms with van der Waals surface area (Å²) in [5.41, 5.74) is 10.4. The van der Waals surface area contributed by atoms with Crippen molar-refractivity contribution in [1.29, 1.82) is 0 Å². The molecule has 0 saturated heterocycles. The van der Waals surface area contributed by atoms with Crippen LogP contribution in [0.3, 0.4) is 0 Å². The fourth-order valence-electron chi connectivity index (χ4n) is 1.55. The summed E-state index contributed by atoms with van der Waals surface area (Å²) >= 11 is 0. The summed E-state index contributed by atoms with van der Waals surface area (Å²) in [6.07, 6.45) is -1.24. The van der Waals surface area contributed by atoms with E-state index >= 15 is 0 Å². The summed E-state index contributed by atoms with van der Waals surface area (Å²) in [7, 11) is 0. The summed E-state index contributed by atoms with van der Waals surface area (Å²) in [4.78, 5) is 24.5. The van der Waals surface area contributed by atoms with E-state index in [4.69, 9.17) is 21.4 Å². The zero-order valence-corrected chi connectivity index (χ0v) is 14.9. The minimum absolute atomic E-state index is 0.102. The topological polar surface area (TPSA) is 131 Å². The largest absolute Gasteiger partial charge is 0.490 e. The number of rotatable bonds is 9. The van der Waals surface area contributed by atoms with Crippen molar-refractivity contribution in [1.82, 2.24) is 5.32 Å². The van der Waals surface area contributed by atoms with Crippen LogP contribution in [0.25, 0.3) is 0 Å². The van der Waals surface area contributed by atoms with Crippen LogP contribution in [-0.2, 0) is 9.59 Å². The zero-order valence-electron chi connectivity index (χ0n) is 14.9. The van der Waals surface area contributed by atoms with Crippen molar-refractivity contribution in [3.05, 3.63) is 0 Å². The average molecular weight is 370 g/mol. The average Bonchev–Trinajstić information content (AvgIpc) is 2.47. The minimum atomic E-state index is -5.08. The lowest BCUT2D eigenvalue weighted by Crippen LogP contribution is -2.30. The van der Waals surface area contributed by atoms with E-state index < -0.39 is 12.1 Å². The third-order valence-corrected chi connectivity index (χ3v) is 3.05. The van der Waals surface area contributed by atoms with Gasteiger partial charge in [-0.2, -0.15) is 13.2 Å². The first-order valence-corrected chi connectivity index (χ1v) is 8.01. The highest BCUT2D eigenvalue weighted by Crippen LogP contribution is 2.13. The van der Waals surface area contributed by atoms with Crippen LogP contribution in [-0.4, -0.2) is 42.2 Å². The van der Waals surface area contributed by atoms with Gasteiger partial charge in [0.05, 0.1) is 0 Å². The SMILES string of the molecule is CC(C)CC[C@@H](C)C(=O)NCCCCN=C(N)N.O=C(O)C(F)(F)F. The molecule has 0 aromatic carbocycles. The second-order valence-corrected chi connectivity index (χ2v) is 5.98. The number of guanidine groups is 1. The first-order valence-electron chi connectivity index (χ1n) is 8.01. The van der Waals surface area contributed by atoms with Gasteiger partial charge in [0, 0.05) is 19.0 Å². The number of aliphatic carboxylic acids is 1. The zero-order chi connectivity index (χ0) is 20.0. The van der Waals surface area contributed by atoms with Crippen molar-refractivity contribution < 1.29 is 27.9 Å². The molecule has 0 aromatic rings. The molecule has 1 amide bonds. The molecule has 7 nitrogen and oxygen atoms in total. The second kappa shape index (κ2) is 13.3. The molecule has 0 unspecified atom stereocenters. The maximum absolute atomic E-state index is 11.7. The molecule has 0 aliphatic rings. The number of carbonyl (C=O) groups is 2. The summed E-state index contributed by atoms with van der Waals surface area (Å²) < 4.78 is 31.7. The Morgan fingerprint density at radius 2 is 1.64 bits per heavy atom. The molecule has 0 aliphatic heterocycles. The van der Waals surface area contributed by atoms with Gasteiger partial charge < -0.3 is 21.9 Å². The van der Waals surface area contributed by atoms with Crippen molar-refractivity contribution in [2.24, 2.45) is 28.3 Å². The third kappa shape index (κ3) is 18.2. The van der Waals surface area contributed by atoms with Gasteiger partial charge in [0.15, 0.2) is 5.96 Å². The number of hydrogen-bond acceptors (Lipinski definition) is 3. The lowest BCUT2D eigenvalue weighted by atomic mass is 9.99. The van der Waals surface area contributed by atoms with E-state index in [1.165, 1.54) is 0 Å². The number of hydrogen-bond donors (Lipinski definition) is 4. The molecule has 0 fully saturated rings. The smallest absolute Gasteiger partial charge is 0.475 e. The molecule has 0 radical (unpaired) electrons. The first-order chi connectivity index (χ1) is 11.4. The van der Waals surface area contributed by atoms with Gasteiger partial charge in [0.25, 0.3) is 0 Å². The van der Waals surface area contributed by atoms with Crippen molar-refractivity contribution in [2.45, 2.75) is 52.6 Å². The molecule has 0 heterocycles. The Hall–Kier alpha value is -2.00. The van der Waals surface area contributed by atoms with Gasteiger partial charge in [0.2, 0.25) is 5.91 Å². The molecule has 10 heteroatoms. The molecule has 25 heavy (non-hydrogen) atoms. The Kier molecular flexibility index (Phi) is 13.4. The summed E-state index contributed by atoms with van der Waals surface area (Å²) in [6, 6.07) is 0. The first kappa shape index (κ1) is 25.2. The second-order valence-electron chi connectivity index (χ2n) is 5.98. The van der Waals surface area contributed by atoms with Gasteiger partial charge in [-0.3, -0.25) is 9.79 Å². The Balaban J connectivity index is 0. The predicted molar refractivity (Wildman–Crippen MR) is 89.8 cm³/mol. The summed E-state index contributed by atoms with van der Waals surface area (Å²) in [6.45, 7) is 7.66. The molecule has 148 valence electrons. The number of carboxylic acids is 1. The van der Waals surface area contributed by atoms with Gasteiger partial charge in [-0.25, -0.2) is 4.79 Å². The van der Waals surface area contributed by atoms with E-state index in [9.17, 15) is 18.0 Å². The Morgan fingerprint density at radius 3 is 2.04 bits per heavy atom. The molecular weight excluding hydrogens is 341 g/mol. The van der Waals surface area contributed by atoms with Gasteiger partial charge in [0.1, 0.15) is 0 Å². The molecular formula is C15H29F3N4O3. The van der Waals surface area contributed by atoms with Crippen LogP contribution in [0.2, 0.25) is 0 Å². The number of carbonyl (C=O) groups excluding carboxylic acids is 1. The van der Waals surface area contributed by atoms with Crippen LogP contribution >= 0.6 is 0 Å². The maximum Gasteiger partial charge on any atom is 0.490 e.